The summed E-state index contributed by atoms with van der Waals surface area (Å²) >= 11 is 0. The molecule has 15 heavy (non-hydrogen) atoms. The van der Waals surface area contributed by atoms with Gasteiger partial charge in [-0.05, 0) is 5.41 Å². The van der Waals surface area contributed by atoms with Gasteiger partial charge >= 0.3 is 0 Å². The fraction of sp³-hybridized carbons (Fsp3) is 0.462. The van der Waals surface area contributed by atoms with Crippen molar-refractivity contribution in [1.82, 2.24) is 9.55 Å². The molecule has 0 radical (unpaired) electrons. The van der Waals surface area contributed by atoms with Gasteiger partial charge in [0.15, 0.2) is 0 Å². The van der Waals surface area contributed by atoms with E-state index in [-0.39, 0.29) is 5.41 Å². The molecule has 1 aliphatic carbocycles. The molecule has 0 fully saturated rings. The Bertz CT molecular complexity index is 366. The minimum absolute atomic E-state index is 0.274. The summed E-state index contributed by atoms with van der Waals surface area (Å²) in [6, 6.07) is 0.400. The average Bonchev–Trinajstić information content (AvgIpc) is 2.69. The minimum Gasteiger partial charge on any atom is -0.330 e. The van der Waals surface area contributed by atoms with Gasteiger partial charge < -0.3 is 4.57 Å². The molecule has 2 unspecified atom stereocenters. The van der Waals surface area contributed by atoms with Crippen molar-refractivity contribution >= 4 is 0 Å². The molecule has 0 aromatic carbocycles. The van der Waals surface area contributed by atoms with Crippen molar-refractivity contribution in [2.45, 2.75) is 26.8 Å². The van der Waals surface area contributed by atoms with Crippen molar-refractivity contribution in [2.75, 3.05) is 0 Å². The lowest BCUT2D eigenvalue weighted by atomic mass is 9.74. The zero-order valence-corrected chi connectivity index (χ0v) is 9.59. The molecule has 1 aliphatic rings. The van der Waals surface area contributed by atoms with E-state index < -0.39 is 0 Å². The number of hydrogen-bond acceptors (Lipinski definition) is 1. The molecule has 0 amide bonds. The zero-order chi connectivity index (χ0) is 10.9. The highest BCUT2D eigenvalue weighted by molar-refractivity contribution is 5.18. The van der Waals surface area contributed by atoms with Crippen molar-refractivity contribution in [3.8, 4) is 0 Å². The first kappa shape index (κ1) is 10.2. The second-order valence-corrected chi connectivity index (χ2v) is 5.16. The van der Waals surface area contributed by atoms with E-state index in [1.54, 1.807) is 0 Å². The fourth-order valence-corrected chi connectivity index (χ4v) is 2.13. The Morgan fingerprint density at radius 1 is 1.13 bits per heavy atom. The number of hydrogen-bond donors (Lipinski definition) is 0. The summed E-state index contributed by atoms with van der Waals surface area (Å²) in [6.45, 7) is 6.85. The van der Waals surface area contributed by atoms with Gasteiger partial charge in [0.2, 0.25) is 0 Å². The molecule has 0 saturated carbocycles. The van der Waals surface area contributed by atoms with Crippen molar-refractivity contribution < 1.29 is 0 Å². The zero-order valence-electron chi connectivity index (χ0n) is 9.59. The van der Waals surface area contributed by atoms with Crippen LogP contribution in [-0.2, 0) is 0 Å². The second kappa shape index (κ2) is 3.69. The van der Waals surface area contributed by atoms with E-state index in [1.165, 1.54) is 0 Å². The Morgan fingerprint density at radius 3 is 2.47 bits per heavy atom. The van der Waals surface area contributed by atoms with Crippen LogP contribution in [0.4, 0.5) is 0 Å². The summed E-state index contributed by atoms with van der Waals surface area (Å²) in [5.41, 5.74) is 0.274. The Labute approximate surface area is 91.3 Å². The SMILES string of the molecule is CC(C)(C)C1C=CC=CC1n1ccnc1. The molecule has 0 aliphatic heterocycles. The summed E-state index contributed by atoms with van der Waals surface area (Å²) in [6.07, 6.45) is 14.6. The van der Waals surface area contributed by atoms with E-state index in [1.807, 2.05) is 18.7 Å². The second-order valence-electron chi connectivity index (χ2n) is 5.16. The molecule has 0 spiro atoms. The van der Waals surface area contributed by atoms with Crippen molar-refractivity contribution in [2.24, 2.45) is 11.3 Å². The number of rotatable bonds is 1. The van der Waals surface area contributed by atoms with Gasteiger partial charge in [-0.25, -0.2) is 4.98 Å². The molecule has 0 bridgehead atoms. The molecule has 2 nitrogen and oxygen atoms in total. The maximum Gasteiger partial charge on any atom is 0.0951 e. The Balaban J connectivity index is 2.30. The third-order valence-corrected chi connectivity index (χ3v) is 2.97. The van der Waals surface area contributed by atoms with Crippen LogP contribution in [0.5, 0.6) is 0 Å². The van der Waals surface area contributed by atoms with E-state index in [0.717, 1.165) is 0 Å². The number of nitrogens with zero attached hydrogens (tertiary/aromatic N) is 2. The van der Waals surface area contributed by atoms with E-state index in [0.29, 0.717) is 12.0 Å². The number of imidazole rings is 1. The lowest BCUT2D eigenvalue weighted by Crippen LogP contribution is -2.28. The first-order valence-electron chi connectivity index (χ1n) is 5.41. The summed E-state index contributed by atoms with van der Waals surface area (Å²) in [4.78, 5) is 4.12. The topological polar surface area (TPSA) is 17.8 Å². The van der Waals surface area contributed by atoms with Crippen molar-refractivity contribution in [1.29, 1.82) is 0 Å². The normalized spacial score (nSPS) is 25.8. The molecule has 1 aromatic rings. The van der Waals surface area contributed by atoms with E-state index in [9.17, 15) is 0 Å². The Morgan fingerprint density at radius 2 is 1.87 bits per heavy atom. The van der Waals surface area contributed by atoms with Crippen LogP contribution in [0.3, 0.4) is 0 Å². The predicted octanol–water partition coefficient (Wildman–Crippen LogP) is 3.21. The van der Waals surface area contributed by atoms with Crippen LogP contribution in [0.15, 0.2) is 43.0 Å². The molecule has 2 atom stereocenters. The quantitative estimate of drug-likeness (QED) is 0.683. The van der Waals surface area contributed by atoms with E-state index >= 15 is 0 Å². The summed E-state index contributed by atoms with van der Waals surface area (Å²) < 4.78 is 2.18. The standard InChI is InChI=1S/C13H18N2/c1-13(2,3)11-6-4-5-7-12(11)15-9-8-14-10-15/h4-12H,1-3H3. The number of allylic oxidation sites excluding steroid dienone is 4. The van der Waals surface area contributed by atoms with Crippen LogP contribution in [0.2, 0.25) is 0 Å². The molecular weight excluding hydrogens is 184 g/mol. The largest absolute Gasteiger partial charge is 0.330 e. The molecule has 80 valence electrons. The van der Waals surface area contributed by atoms with Gasteiger partial charge in [-0.3, -0.25) is 0 Å². The molecule has 2 heteroatoms. The molecule has 0 N–H and O–H groups in total. The lowest BCUT2D eigenvalue weighted by Gasteiger charge is -2.35. The van der Waals surface area contributed by atoms with E-state index in [4.69, 9.17) is 0 Å². The lowest BCUT2D eigenvalue weighted by molar-refractivity contribution is 0.234. The summed E-state index contributed by atoms with van der Waals surface area (Å²) in [5, 5.41) is 0. The van der Waals surface area contributed by atoms with Crippen LogP contribution in [0.1, 0.15) is 26.8 Å². The highest BCUT2D eigenvalue weighted by atomic mass is 15.1. The first-order valence-corrected chi connectivity index (χ1v) is 5.41. The summed E-state index contributed by atoms with van der Waals surface area (Å²) in [7, 11) is 0. The first-order chi connectivity index (χ1) is 7.09. The van der Waals surface area contributed by atoms with Gasteiger partial charge in [0, 0.05) is 18.3 Å². The molecule has 1 heterocycles. The van der Waals surface area contributed by atoms with Crippen LogP contribution < -0.4 is 0 Å². The van der Waals surface area contributed by atoms with Crippen molar-refractivity contribution in [3.05, 3.63) is 43.0 Å². The third kappa shape index (κ3) is 2.04. The van der Waals surface area contributed by atoms with Gasteiger partial charge in [-0.15, -0.1) is 0 Å². The van der Waals surface area contributed by atoms with E-state index in [2.05, 4.69) is 54.6 Å². The van der Waals surface area contributed by atoms with Gasteiger partial charge in [-0.2, -0.15) is 0 Å². The molecule has 1 aromatic heterocycles. The van der Waals surface area contributed by atoms with Gasteiger partial charge in [-0.1, -0.05) is 45.1 Å². The monoisotopic (exact) mass is 202 g/mol. The predicted molar refractivity (Wildman–Crippen MR) is 62.5 cm³/mol. The molecular formula is C13H18N2. The van der Waals surface area contributed by atoms with Gasteiger partial charge in [0.1, 0.15) is 0 Å². The minimum atomic E-state index is 0.274. The molecule has 0 saturated heterocycles. The van der Waals surface area contributed by atoms with Crippen LogP contribution in [0, 0.1) is 11.3 Å². The van der Waals surface area contributed by atoms with Gasteiger partial charge in [0.05, 0.1) is 12.4 Å². The maximum atomic E-state index is 4.12. The maximum absolute atomic E-state index is 4.12. The summed E-state index contributed by atoms with van der Waals surface area (Å²) in [5.74, 6) is 0.525. The fourth-order valence-electron chi connectivity index (χ4n) is 2.13. The van der Waals surface area contributed by atoms with Gasteiger partial charge in [0.25, 0.3) is 0 Å². The molecule has 2 rings (SSSR count). The highest BCUT2D eigenvalue weighted by Crippen LogP contribution is 2.38. The van der Waals surface area contributed by atoms with Crippen LogP contribution in [0.25, 0.3) is 0 Å². The van der Waals surface area contributed by atoms with Crippen LogP contribution >= 0.6 is 0 Å². The Kier molecular flexibility index (Phi) is 2.51. The Hall–Kier alpha value is -1.31. The highest BCUT2D eigenvalue weighted by Gasteiger charge is 2.30. The van der Waals surface area contributed by atoms with Crippen molar-refractivity contribution in [3.63, 3.8) is 0 Å². The average molecular weight is 202 g/mol. The smallest absolute Gasteiger partial charge is 0.0951 e. The number of aromatic nitrogens is 2. The third-order valence-electron chi connectivity index (χ3n) is 2.97. The van der Waals surface area contributed by atoms with Crippen LogP contribution in [-0.4, -0.2) is 9.55 Å².